The molecule has 32 heavy (non-hydrogen) atoms. The molecule has 0 aromatic heterocycles. The van der Waals surface area contributed by atoms with Crippen molar-refractivity contribution in [2.75, 3.05) is 11.9 Å². The molecule has 3 amide bonds. The number of aliphatic imine (C=N–C) groups is 1. The molecule has 9 nitrogen and oxygen atoms in total. The molecule has 2 aliphatic rings. The van der Waals surface area contributed by atoms with Crippen LogP contribution in [0.2, 0.25) is 0 Å². The van der Waals surface area contributed by atoms with Crippen molar-refractivity contribution in [2.45, 2.75) is 51.8 Å². The van der Waals surface area contributed by atoms with Gasteiger partial charge in [0, 0.05) is 18.7 Å². The first-order valence-electron chi connectivity index (χ1n) is 10.6. The molecule has 0 radical (unpaired) electrons. The molecule has 2 atom stereocenters. The molecule has 0 saturated carbocycles. The van der Waals surface area contributed by atoms with Crippen LogP contribution in [-0.4, -0.2) is 51.2 Å². The largest absolute Gasteiger partial charge is 0.510 e. The minimum absolute atomic E-state index is 0.0818. The third kappa shape index (κ3) is 5.47. The number of hydrogen-bond acceptors (Lipinski definition) is 6. The third-order valence-corrected chi connectivity index (χ3v) is 5.44. The maximum Gasteiger partial charge on any atom is 0.319 e. The molecular formula is C23H31N5O4. The number of rotatable bonds is 7. The van der Waals surface area contributed by atoms with E-state index in [1.165, 1.54) is 11.0 Å². The Kier molecular flexibility index (Phi) is 6.88. The average Bonchev–Trinajstić information content (AvgIpc) is 2.91. The highest BCUT2D eigenvalue weighted by Gasteiger charge is 2.44. The summed E-state index contributed by atoms with van der Waals surface area (Å²) in [5.41, 5.74) is 7.38. The lowest BCUT2D eigenvalue weighted by atomic mass is 9.91. The van der Waals surface area contributed by atoms with Crippen molar-refractivity contribution in [3.63, 3.8) is 0 Å². The average molecular weight is 442 g/mol. The van der Waals surface area contributed by atoms with E-state index in [2.05, 4.69) is 15.6 Å². The molecule has 6 N–H and O–H groups in total. The number of aliphatic hydroxyl groups excluding tert-OH is 2. The molecule has 1 aliphatic carbocycles. The molecule has 172 valence electrons. The van der Waals surface area contributed by atoms with Crippen molar-refractivity contribution in [3.05, 3.63) is 53.3 Å². The lowest BCUT2D eigenvalue weighted by molar-refractivity contribution is -0.131. The van der Waals surface area contributed by atoms with Crippen molar-refractivity contribution in [2.24, 2.45) is 16.6 Å². The summed E-state index contributed by atoms with van der Waals surface area (Å²) < 4.78 is 0. The second kappa shape index (κ2) is 9.44. The maximum atomic E-state index is 12.9. The van der Waals surface area contributed by atoms with Crippen LogP contribution in [0.3, 0.4) is 0 Å². The Labute approximate surface area is 187 Å². The van der Waals surface area contributed by atoms with Gasteiger partial charge in [-0.1, -0.05) is 32.1 Å². The number of nitrogens with zero attached hydrogens (tertiary/aromatic N) is 2. The van der Waals surface area contributed by atoms with Gasteiger partial charge in [-0.15, -0.1) is 0 Å². The van der Waals surface area contributed by atoms with Crippen molar-refractivity contribution in [1.82, 2.24) is 10.2 Å². The van der Waals surface area contributed by atoms with E-state index in [-0.39, 0.29) is 37.1 Å². The number of amides is 3. The minimum Gasteiger partial charge on any atom is -0.510 e. The standard InChI is InChI=1S/C23H31N5O4/c1-14(2)11-23(3)20(31)28(21(24)27-23)13-16-5-4-6-17(9-16)26-22(32)25-12-15-7-8-18(29)19(30)10-15/h4-9,14,19,29-30H,10-13H2,1-3H3,(H2,24,27)(H2,25,26,32). The molecule has 9 heteroatoms. The second-order valence-corrected chi connectivity index (χ2v) is 8.88. The molecule has 1 aromatic rings. The fourth-order valence-electron chi connectivity index (χ4n) is 4.00. The van der Waals surface area contributed by atoms with Gasteiger partial charge in [0.1, 0.15) is 17.4 Å². The van der Waals surface area contributed by atoms with Gasteiger partial charge in [-0.2, -0.15) is 0 Å². The molecule has 0 saturated heterocycles. The predicted octanol–water partition coefficient (Wildman–Crippen LogP) is 2.40. The Morgan fingerprint density at radius 1 is 1.38 bits per heavy atom. The van der Waals surface area contributed by atoms with Crippen molar-refractivity contribution >= 4 is 23.6 Å². The lowest BCUT2D eigenvalue weighted by Crippen LogP contribution is -2.43. The van der Waals surface area contributed by atoms with Gasteiger partial charge in [-0.05, 0) is 48.6 Å². The van der Waals surface area contributed by atoms with Gasteiger partial charge in [-0.3, -0.25) is 9.69 Å². The van der Waals surface area contributed by atoms with E-state index >= 15 is 0 Å². The number of nitrogens with two attached hydrogens (primary N) is 1. The van der Waals surface area contributed by atoms with Crippen LogP contribution in [0.4, 0.5) is 10.5 Å². The van der Waals surface area contributed by atoms with Crippen molar-refractivity contribution < 1.29 is 19.8 Å². The van der Waals surface area contributed by atoms with Crippen LogP contribution in [-0.2, 0) is 11.3 Å². The molecule has 1 aromatic carbocycles. The van der Waals surface area contributed by atoms with E-state index in [1.807, 2.05) is 26.8 Å². The number of allylic oxidation sites excluding steroid dienone is 2. The Morgan fingerprint density at radius 2 is 2.12 bits per heavy atom. The summed E-state index contributed by atoms with van der Waals surface area (Å²) in [6, 6.07) is 6.77. The minimum atomic E-state index is -0.941. The summed E-state index contributed by atoms with van der Waals surface area (Å²) in [6.45, 7) is 6.40. The van der Waals surface area contributed by atoms with Crippen LogP contribution >= 0.6 is 0 Å². The van der Waals surface area contributed by atoms with E-state index < -0.39 is 17.7 Å². The van der Waals surface area contributed by atoms with Gasteiger partial charge in [0.15, 0.2) is 5.96 Å². The Hall–Kier alpha value is -3.33. The summed E-state index contributed by atoms with van der Waals surface area (Å²) in [5.74, 6) is 0.308. The number of nitrogens with one attached hydrogen (secondary N) is 2. The summed E-state index contributed by atoms with van der Waals surface area (Å²) >= 11 is 0. The molecule has 0 spiro atoms. The van der Waals surface area contributed by atoms with E-state index in [9.17, 15) is 19.8 Å². The second-order valence-electron chi connectivity index (χ2n) is 8.88. The molecule has 0 bridgehead atoms. The highest BCUT2D eigenvalue weighted by molar-refractivity contribution is 6.06. The normalized spacial score (nSPS) is 23.0. The highest BCUT2D eigenvalue weighted by Crippen LogP contribution is 2.29. The zero-order chi connectivity index (χ0) is 23.5. The zero-order valence-electron chi connectivity index (χ0n) is 18.6. The number of anilines is 1. The van der Waals surface area contributed by atoms with Crippen LogP contribution in [0.1, 0.15) is 39.2 Å². The van der Waals surface area contributed by atoms with Crippen LogP contribution in [0.15, 0.2) is 52.7 Å². The SMILES string of the molecule is CC(C)CC1(C)N=C(N)N(Cc2cccc(NC(=O)NCC3=CC=C(O)C(O)C3)c2)C1=O. The quantitative estimate of drug-likeness (QED) is 0.442. The molecule has 0 fully saturated rings. The predicted molar refractivity (Wildman–Crippen MR) is 123 cm³/mol. The molecule has 3 rings (SSSR count). The molecular weight excluding hydrogens is 410 g/mol. The maximum absolute atomic E-state index is 12.9. The number of hydrogen-bond donors (Lipinski definition) is 5. The van der Waals surface area contributed by atoms with Crippen LogP contribution < -0.4 is 16.4 Å². The van der Waals surface area contributed by atoms with Crippen molar-refractivity contribution in [1.29, 1.82) is 0 Å². The summed E-state index contributed by atoms with van der Waals surface area (Å²) in [7, 11) is 0. The Balaban J connectivity index is 1.58. The first kappa shape index (κ1) is 23.3. The van der Waals surface area contributed by atoms with Crippen LogP contribution in [0.5, 0.6) is 0 Å². The fraction of sp³-hybridized carbons (Fsp3) is 0.435. The number of aliphatic hydroxyl groups is 2. The first-order valence-corrected chi connectivity index (χ1v) is 10.6. The highest BCUT2D eigenvalue weighted by atomic mass is 16.3. The number of benzene rings is 1. The Bertz CT molecular complexity index is 984. The fourth-order valence-corrected chi connectivity index (χ4v) is 4.00. The summed E-state index contributed by atoms with van der Waals surface area (Å²) in [5, 5.41) is 24.6. The number of carbonyl (C=O) groups is 2. The van der Waals surface area contributed by atoms with Gasteiger partial charge < -0.3 is 26.6 Å². The van der Waals surface area contributed by atoms with E-state index in [1.54, 1.807) is 24.3 Å². The van der Waals surface area contributed by atoms with E-state index in [0.717, 1.165) is 11.1 Å². The topological polar surface area (TPSA) is 140 Å². The van der Waals surface area contributed by atoms with Gasteiger partial charge in [0.05, 0.1) is 6.54 Å². The van der Waals surface area contributed by atoms with Crippen molar-refractivity contribution in [3.8, 4) is 0 Å². The van der Waals surface area contributed by atoms with Crippen LogP contribution in [0.25, 0.3) is 0 Å². The molecule has 2 unspecified atom stereocenters. The molecule has 1 heterocycles. The monoisotopic (exact) mass is 441 g/mol. The first-order chi connectivity index (χ1) is 15.1. The molecule has 1 aliphatic heterocycles. The van der Waals surface area contributed by atoms with Gasteiger partial charge in [-0.25, -0.2) is 9.79 Å². The lowest BCUT2D eigenvalue weighted by Gasteiger charge is -2.23. The van der Waals surface area contributed by atoms with Crippen LogP contribution in [0, 0.1) is 5.92 Å². The number of guanidine groups is 1. The zero-order valence-corrected chi connectivity index (χ0v) is 18.6. The smallest absolute Gasteiger partial charge is 0.319 e. The van der Waals surface area contributed by atoms with E-state index in [4.69, 9.17) is 5.73 Å². The third-order valence-electron chi connectivity index (χ3n) is 5.44. The number of urea groups is 1. The Morgan fingerprint density at radius 3 is 2.81 bits per heavy atom. The summed E-state index contributed by atoms with van der Waals surface area (Å²) in [4.78, 5) is 31.1. The van der Waals surface area contributed by atoms with Gasteiger partial charge in [0.25, 0.3) is 5.91 Å². The van der Waals surface area contributed by atoms with Gasteiger partial charge >= 0.3 is 6.03 Å². The summed E-state index contributed by atoms with van der Waals surface area (Å²) in [6.07, 6.45) is 3.04. The van der Waals surface area contributed by atoms with E-state index in [0.29, 0.717) is 18.0 Å². The number of carbonyl (C=O) groups excluding carboxylic acids is 2. The van der Waals surface area contributed by atoms with Gasteiger partial charge in [0.2, 0.25) is 0 Å².